The summed E-state index contributed by atoms with van der Waals surface area (Å²) in [6.07, 6.45) is 1.46. The van der Waals surface area contributed by atoms with E-state index in [0.717, 1.165) is 41.1 Å². The summed E-state index contributed by atoms with van der Waals surface area (Å²) in [5.74, 6) is -0.147. The van der Waals surface area contributed by atoms with Gasteiger partial charge in [-0.05, 0) is 36.6 Å². The predicted octanol–water partition coefficient (Wildman–Crippen LogP) is 3.30. The Morgan fingerprint density at radius 2 is 2.07 bits per heavy atom. The Hall–Kier alpha value is -2.77. The third-order valence-electron chi connectivity index (χ3n) is 5.71. The largest absolute Gasteiger partial charge is 0.497 e. The molecule has 1 aliphatic heterocycles. The molecule has 1 aliphatic carbocycles. The summed E-state index contributed by atoms with van der Waals surface area (Å²) in [7, 11) is 1.65. The van der Waals surface area contributed by atoms with Gasteiger partial charge in [-0.1, -0.05) is 42.1 Å². The first kappa shape index (κ1) is 18.3. The monoisotopic (exact) mass is 408 g/mol. The topological polar surface area (TPSA) is 84.6 Å². The molecule has 2 aromatic carbocycles. The van der Waals surface area contributed by atoms with E-state index in [2.05, 4.69) is 0 Å². The third-order valence-corrected chi connectivity index (χ3v) is 6.98. The van der Waals surface area contributed by atoms with Gasteiger partial charge in [0.15, 0.2) is 10.9 Å². The molecule has 0 fully saturated rings. The number of fused-ring (bicyclic) bond motifs is 5. The smallest absolute Gasteiger partial charge is 0.304 e. The molecule has 6 nitrogen and oxygen atoms in total. The van der Waals surface area contributed by atoms with Gasteiger partial charge in [-0.25, -0.2) is 4.98 Å². The molecule has 148 valence electrons. The average Bonchev–Trinajstić information content (AvgIpc) is 3.23. The maximum atomic E-state index is 12.0. The van der Waals surface area contributed by atoms with Gasteiger partial charge in [0.05, 0.1) is 30.2 Å². The number of aliphatic hydroxyl groups is 1. The van der Waals surface area contributed by atoms with Crippen molar-refractivity contribution in [3.05, 3.63) is 65.4 Å². The average molecular weight is 408 g/mol. The Morgan fingerprint density at radius 3 is 2.79 bits per heavy atom. The van der Waals surface area contributed by atoms with Crippen LogP contribution >= 0.6 is 11.8 Å². The van der Waals surface area contributed by atoms with Crippen molar-refractivity contribution in [1.29, 1.82) is 0 Å². The molecule has 2 aliphatic rings. The lowest BCUT2D eigenvalue weighted by Gasteiger charge is -2.33. The molecule has 0 spiro atoms. The van der Waals surface area contributed by atoms with Gasteiger partial charge in [0.25, 0.3) is 0 Å². The highest BCUT2D eigenvalue weighted by Gasteiger charge is 2.51. The number of thioether (sulfide) groups is 1. The van der Waals surface area contributed by atoms with Crippen LogP contribution in [0.5, 0.6) is 5.75 Å². The van der Waals surface area contributed by atoms with Crippen LogP contribution in [0.25, 0.3) is 11.3 Å². The third kappa shape index (κ3) is 2.68. The zero-order chi connectivity index (χ0) is 20.2. The first-order valence-electron chi connectivity index (χ1n) is 9.48. The lowest BCUT2D eigenvalue weighted by Crippen LogP contribution is -2.42. The number of ether oxygens (including phenoxy) is 1. The number of methoxy groups -OCH3 is 1. The summed E-state index contributed by atoms with van der Waals surface area (Å²) in [5, 5.41) is 21.6. The van der Waals surface area contributed by atoms with Gasteiger partial charge in [0, 0.05) is 11.1 Å². The van der Waals surface area contributed by atoms with Gasteiger partial charge >= 0.3 is 5.97 Å². The fourth-order valence-electron chi connectivity index (χ4n) is 4.37. The standard InChI is InChI=1S/C22H20N2O4S/c1-28-15-8-9-16-13(11-15)7-10-17-20(16)24-21(23-17)29-18(12-19(25)26)22(24,27)14-5-3-2-4-6-14/h2-6,8-9,11,18,27H,7,10,12H2,1H3,(H,25,26). The molecule has 7 heteroatoms. The van der Waals surface area contributed by atoms with Crippen molar-refractivity contribution in [2.24, 2.45) is 0 Å². The van der Waals surface area contributed by atoms with Crippen LogP contribution in [0.15, 0.2) is 53.7 Å². The number of hydrogen-bond donors (Lipinski definition) is 2. The number of aryl methyl sites for hydroxylation is 2. The van der Waals surface area contributed by atoms with Crippen LogP contribution in [-0.4, -0.2) is 38.1 Å². The Kier molecular flexibility index (Phi) is 4.18. The summed E-state index contributed by atoms with van der Waals surface area (Å²) in [5.41, 5.74) is 3.13. The number of aromatic nitrogens is 2. The van der Waals surface area contributed by atoms with Crippen LogP contribution in [0.3, 0.4) is 0 Å². The van der Waals surface area contributed by atoms with E-state index < -0.39 is 16.9 Å². The van der Waals surface area contributed by atoms with Crippen molar-refractivity contribution in [3.8, 4) is 17.0 Å². The summed E-state index contributed by atoms with van der Waals surface area (Å²) in [6.45, 7) is 0. The summed E-state index contributed by atoms with van der Waals surface area (Å²) < 4.78 is 7.22. The molecule has 1 aromatic heterocycles. The quantitative estimate of drug-likeness (QED) is 0.689. The molecule has 2 atom stereocenters. The van der Waals surface area contributed by atoms with E-state index in [4.69, 9.17) is 9.72 Å². The first-order valence-corrected chi connectivity index (χ1v) is 10.4. The summed E-state index contributed by atoms with van der Waals surface area (Å²) in [4.78, 5) is 16.3. The van der Waals surface area contributed by atoms with E-state index in [1.807, 2.05) is 53.1 Å². The molecule has 0 saturated heterocycles. The number of carboxylic acid groups (broad SMARTS) is 1. The van der Waals surface area contributed by atoms with Gasteiger partial charge in [0.1, 0.15) is 5.75 Å². The molecule has 0 bridgehead atoms. The zero-order valence-corrected chi connectivity index (χ0v) is 16.6. The second-order valence-corrected chi connectivity index (χ2v) is 8.51. The minimum absolute atomic E-state index is 0.163. The van der Waals surface area contributed by atoms with E-state index in [1.54, 1.807) is 7.11 Å². The highest BCUT2D eigenvalue weighted by atomic mass is 32.2. The van der Waals surface area contributed by atoms with Crippen molar-refractivity contribution in [3.63, 3.8) is 0 Å². The van der Waals surface area contributed by atoms with Crippen LogP contribution in [0.4, 0.5) is 0 Å². The number of carbonyl (C=O) groups is 1. The van der Waals surface area contributed by atoms with Crippen molar-refractivity contribution < 1.29 is 19.7 Å². The van der Waals surface area contributed by atoms with Crippen molar-refractivity contribution >= 4 is 17.7 Å². The van der Waals surface area contributed by atoms with Crippen LogP contribution in [0.2, 0.25) is 0 Å². The van der Waals surface area contributed by atoms with E-state index >= 15 is 0 Å². The molecular weight excluding hydrogens is 388 g/mol. The summed E-state index contributed by atoms with van der Waals surface area (Å²) in [6, 6.07) is 15.2. The van der Waals surface area contributed by atoms with Crippen LogP contribution in [0.1, 0.15) is 23.2 Å². The van der Waals surface area contributed by atoms with Gasteiger partial charge in [0.2, 0.25) is 0 Å². The molecule has 29 heavy (non-hydrogen) atoms. The Balaban J connectivity index is 1.74. The van der Waals surface area contributed by atoms with Gasteiger partial charge in [-0.3, -0.25) is 9.36 Å². The lowest BCUT2D eigenvalue weighted by atomic mass is 9.90. The van der Waals surface area contributed by atoms with Crippen LogP contribution < -0.4 is 4.74 Å². The Labute approximate surface area is 172 Å². The normalized spacial score (nSPS) is 21.9. The van der Waals surface area contributed by atoms with E-state index in [1.165, 1.54) is 11.8 Å². The van der Waals surface area contributed by atoms with Gasteiger partial charge in [-0.2, -0.15) is 0 Å². The van der Waals surface area contributed by atoms with E-state index in [9.17, 15) is 15.0 Å². The molecule has 2 unspecified atom stereocenters. The molecule has 0 radical (unpaired) electrons. The Morgan fingerprint density at radius 1 is 1.28 bits per heavy atom. The molecular formula is C22H20N2O4S. The predicted molar refractivity (Wildman–Crippen MR) is 109 cm³/mol. The SMILES string of the molecule is COc1ccc2c(c1)CCc1nc3n(c1-2)C(O)(c1ccccc1)C(CC(=O)O)S3. The molecule has 0 amide bonds. The van der Waals surface area contributed by atoms with Crippen LogP contribution in [-0.2, 0) is 23.4 Å². The number of hydrogen-bond acceptors (Lipinski definition) is 5. The van der Waals surface area contributed by atoms with Crippen molar-refractivity contribution in [2.45, 2.75) is 35.4 Å². The number of imidazole rings is 1. The maximum absolute atomic E-state index is 12.0. The number of carboxylic acids is 1. The molecule has 3 aromatic rings. The van der Waals surface area contributed by atoms with Crippen molar-refractivity contribution in [2.75, 3.05) is 7.11 Å². The number of nitrogens with zero attached hydrogens (tertiary/aromatic N) is 2. The maximum Gasteiger partial charge on any atom is 0.304 e. The summed E-state index contributed by atoms with van der Waals surface area (Å²) >= 11 is 1.34. The van der Waals surface area contributed by atoms with E-state index in [-0.39, 0.29) is 6.42 Å². The highest BCUT2D eigenvalue weighted by Crippen LogP contribution is 2.52. The second-order valence-electron chi connectivity index (χ2n) is 7.34. The van der Waals surface area contributed by atoms with Crippen molar-refractivity contribution in [1.82, 2.24) is 9.55 Å². The Bertz CT molecular complexity index is 1110. The number of aliphatic carboxylic acids is 1. The molecule has 5 rings (SSSR count). The fourth-order valence-corrected chi connectivity index (χ4v) is 5.76. The van der Waals surface area contributed by atoms with Gasteiger partial charge in [-0.15, -0.1) is 0 Å². The molecule has 0 saturated carbocycles. The lowest BCUT2D eigenvalue weighted by molar-refractivity contribution is -0.138. The number of rotatable bonds is 4. The second kappa shape index (κ2) is 6.64. The first-order chi connectivity index (χ1) is 14.0. The number of benzene rings is 2. The van der Waals surface area contributed by atoms with E-state index in [0.29, 0.717) is 10.7 Å². The minimum atomic E-state index is -1.49. The van der Waals surface area contributed by atoms with Crippen LogP contribution in [0, 0.1) is 0 Å². The fraction of sp³-hybridized carbons (Fsp3) is 0.273. The molecule has 2 N–H and O–H groups in total. The minimum Gasteiger partial charge on any atom is -0.497 e. The highest BCUT2D eigenvalue weighted by molar-refractivity contribution is 8.00. The molecule has 2 heterocycles. The van der Waals surface area contributed by atoms with Gasteiger partial charge < -0.3 is 14.9 Å². The zero-order valence-electron chi connectivity index (χ0n) is 15.8.